The Balaban J connectivity index is 1.88. The van der Waals surface area contributed by atoms with E-state index in [1.165, 1.54) is 0 Å². The fourth-order valence-electron chi connectivity index (χ4n) is 2.30. The van der Waals surface area contributed by atoms with Gasteiger partial charge < -0.3 is 4.90 Å². The average molecular weight is 364 g/mol. The molecule has 0 aliphatic heterocycles. The highest BCUT2D eigenvalue weighted by Gasteiger charge is 2.13. The monoisotopic (exact) mass is 363 g/mol. The topological polar surface area (TPSA) is 37.4 Å². The second kappa shape index (κ2) is 8.32. The number of amides is 1. The number of aryl methyl sites for hydroxylation is 1. The van der Waals surface area contributed by atoms with Gasteiger partial charge in [0.25, 0.3) is 0 Å². The summed E-state index contributed by atoms with van der Waals surface area (Å²) >= 11 is 11.9. The molecule has 2 aromatic carbocycles. The van der Waals surface area contributed by atoms with Crippen LogP contribution in [0.3, 0.4) is 0 Å². The molecule has 1 amide bonds. The second-order valence-corrected chi connectivity index (χ2v) is 6.60. The summed E-state index contributed by atoms with van der Waals surface area (Å²) < 4.78 is 0. The van der Waals surface area contributed by atoms with Crippen LogP contribution in [0.15, 0.2) is 42.5 Å². The molecule has 0 saturated heterocycles. The van der Waals surface area contributed by atoms with Gasteiger partial charge >= 0.3 is 0 Å². The van der Waals surface area contributed by atoms with Crippen molar-refractivity contribution in [1.29, 1.82) is 0 Å². The molecule has 0 heterocycles. The largest absolute Gasteiger partial charge is 0.341 e. The van der Waals surface area contributed by atoms with E-state index in [-0.39, 0.29) is 24.5 Å². The van der Waals surface area contributed by atoms with Crippen LogP contribution in [0.5, 0.6) is 0 Å². The second-order valence-electron chi connectivity index (χ2n) is 5.79. The van der Waals surface area contributed by atoms with E-state index in [0.717, 1.165) is 11.1 Å². The Morgan fingerprint density at radius 1 is 0.958 bits per heavy atom. The van der Waals surface area contributed by atoms with Crippen LogP contribution in [0.2, 0.25) is 10.0 Å². The lowest BCUT2D eigenvalue weighted by Crippen LogP contribution is -2.26. The number of carbonyl (C=O) groups excluding carboxylic acids is 2. The van der Waals surface area contributed by atoms with Crippen molar-refractivity contribution in [2.45, 2.75) is 26.3 Å². The van der Waals surface area contributed by atoms with Gasteiger partial charge in [-0.1, -0.05) is 59.1 Å². The number of ketones is 1. The van der Waals surface area contributed by atoms with Crippen LogP contribution in [-0.4, -0.2) is 23.6 Å². The molecule has 126 valence electrons. The molecule has 0 unspecified atom stereocenters. The zero-order valence-electron chi connectivity index (χ0n) is 13.7. The maximum absolute atomic E-state index is 12.2. The molecular weight excluding hydrogens is 345 g/mol. The predicted octanol–water partition coefficient (Wildman–Crippen LogP) is 4.92. The molecular formula is C19H19Cl2NO2. The van der Waals surface area contributed by atoms with E-state index in [4.69, 9.17) is 23.2 Å². The Morgan fingerprint density at radius 3 is 2.25 bits per heavy atom. The molecule has 5 heteroatoms. The number of hydrogen-bond donors (Lipinski definition) is 0. The molecule has 0 aliphatic rings. The highest BCUT2D eigenvalue weighted by molar-refractivity contribution is 6.42. The smallest absolute Gasteiger partial charge is 0.223 e. The van der Waals surface area contributed by atoms with Gasteiger partial charge in [-0.15, -0.1) is 0 Å². The van der Waals surface area contributed by atoms with Crippen molar-refractivity contribution >= 4 is 34.9 Å². The summed E-state index contributed by atoms with van der Waals surface area (Å²) in [5, 5.41) is 0.947. The highest BCUT2D eigenvalue weighted by atomic mass is 35.5. The molecule has 0 spiro atoms. The predicted molar refractivity (Wildman–Crippen MR) is 97.7 cm³/mol. The van der Waals surface area contributed by atoms with E-state index in [1.54, 1.807) is 36.2 Å². The van der Waals surface area contributed by atoms with E-state index in [1.807, 2.05) is 25.1 Å². The maximum atomic E-state index is 12.2. The molecule has 24 heavy (non-hydrogen) atoms. The summed E-state index contributed by atoms with van der Waals surface area (Å²) in [6.45, 7) is 2.39. The summed E-state index contributed by atoms with van der Waals surface area (Å²) in [6.07, 6.45) is 0.387. The van der Waals surface area contributed by atoms with Crippen LogP contribution >= 0.6 is 23.2 Å². The van der Waals surface area contributed by atoms with Crippen LogP contribution in [0.25, 0.3) is 0 Å². The Morgan fingerprint density at radius 2 is 1.62 bits per heavy atom. The third-order valence-corrected chi connectivity index (χ3v) is 4.51. The van der Waals surface area contributed by atoms with Gasteiger partial charge in [0.15, 0.2) is 5.78 Å². The van der Waals surface area contributed by atoms with Crippen LogP contribution in [0.4, 0.5) is 0 Å². The first-order valence-electron chi connectivity index (χ1n) is 7.64. The Labute approximate surface area is 152 Å². The van der Waals surface area contributed by atoms with Gasteiger partial charge in [-0.3, -0.25) is 9.59 Å². The number of benzene rings is 2. The van der Waals surface area contributed by atoms with Crippen LogP contribution in [0.1, 0.15) is 34.3 Å². The lowest BCUT2D eigenvalue weighted by atomic mass is 10.0. The molecule has 0 N–H and O–H groups in total. The molecule has 0 bridgehead atoms. The number of halogens is 2. The zero-order valence-corrected chi connectivity index (χ0v) is 15.2. The van der Waals surface area contributed by atoms with Crippen LogP contribution in [-0.2, 0) is 11.3 Å². The first-order chi connectivity index (χ1) is 11.4. The zero-order chi connectivity index (χ0) is 17.7. The molecule has 0 aliphatic carbocycles. The normalized spacial score (nSPS) is 10.5. The van der Waals surface area contributed by atoms with Crippen molar-refractivity contribution in [2.24, 2.45) is 0 Å². The van der Waals surface area contributed by atoms with E-state index in [0.29, 0.717) is 22.2 Å². The Bertz CT molecular complexity index is 742. The fraction of sp³-hybridized carbons (Fsp3) is 0.263. The van der Waals surface area contributed by atoms with Crippen molar-refractivity contribution in [1.82, 2.24) is 4.90 Å². The summed E-state index contributed by atoms with van der Waals surface area (Å²) in [5.74, 6) is -0.104. The average Bonchev–Trinajstić information content (AvgIpc) is 2.56. The first kappa shape index (κ1) is 18.5. The fourth-order valence-corrected chi connectivity index (χ4v) is 2.62. The summed E-state index contributed by atoms with van der Waals surface area (Å²) in [7, 11) is 1.71. The minimum absolute atomic E-state index is 0.0220. The standard InChI is InChI=1S/C19H19Cl2NO2/c1-13-3-6-15(7-4-13)18(23)9-10-19(24)22(2)12-14-5-8-16(20)17(21)11-14/h3-8,11H,9-10,12H2,1-2H3. The number of carbonyl (C=O) groups is 2. The molecule has 0 aromatic heterocycles. The number of hydrogen-bond acceptors (Lipinski definition) is 2. The molecule has 0 atom stereocenters. The van der Waals surface area contributed by atoms with E-state index in [9.17, 15) is 9.59 Å². The third kappa shape index (κ3) is 5.08. The van der Waals surface area contributed by atoms with Gasteiger partial charge in [-0.2, -0.15) is 0 Å². The quantitative estimate of drug-likeness (QED) is 0.682. The minimum Gasteiger partial charge on any atom is -0.341 e. The van der Waals surface area contributed by atoms with Crippen molar-refractivity contribution in [3.63, 3.8) is 0 Å². The van der Waals surface area contributed by atoms with Gasteiger partial charge in [0, 0.05) is 32.0 Å². The van der Waals surface area contributed by atoms with Crippen LogP contribution in [0, 0.1) is 6.92 Å². The Kier molecular flexibility index (Phi) is 6.41. The highest BCUT2D eigenvalue weighted by Crippen LogP contribution is 2.23. The molecule has 3 nitrogen and oxygen atoms in total. The SMILES string of the molecule is Cc1ccc(C(=O)CCC(=O)N(C)Cc2ccc(Cl)c(Cl)c2)cc1. The van der Waals surface area contributed by atoms with Gasteiger partial charge in [0.1, 0.15) is 0 Å². The first-order valence-corrected chi connectivity index (χ1v) is 8.40. The Hall–Kier alpha value is -1.84. The van der Waals surface area contributed by atoms with Crippen LogP contribution < -0.4 is 0 Å². The summed E-state index contributed by atoms with van der Waals surface area (Å²) in [4.78, 5) is 25.9. The molecule has 0 saturated carbocycles. The van der Waals surface area contributed by atoms with Crippen molar-refractivity contribution in [2.75, 3.05) is 7.05 Å². The van der Waals surface area contributed by atoms with E-state index in [2.05, 4.69) is 0 Å². The lowest BCUT2D eigenvalue weighted by molar-refractivity contribution is -0.130. The minimum atomic E-state index is -0.0819. The van der Waals surface area contributed by atoms with Gasteiger partial charge in [0.2, 0.25) is 5.91 Å². The number of nitrogens with zero attached hydrogens (tertiary/aromatic N) is 1. The summed E-state index contributed by atoms with van der Waals surface area (Å²) in [5.41, 5.74) is 2.63. The van der Waals surface area contributed by atoms with Gasteiger partial charge in [-0.05, 0) is 24.6 Å². The summed E-state index contributed by atoms with van der Waals surface area (Å²) in [6, 6.07) is 12.7. The van der Waals surface area contributed by atoms with Gasteiger partial charge in [-0.25, -0.2) is 0 Å². The van der Waals surface area contributed by atoms with E-state index < -0.39 is 0 Å². The van der Waals surface area contributed by atoms with Gasteiger partial charge in [0.05, 0.1) is 10.0 Å². The molecule has 0 fully saturated rings. The van der Waals surface area contributed by atoms with E-state index >= 15 is 0 Å². The van der Waals surface area contributed by atoms with Crippen molar-refractivity contribution in [3.8, 4) is 0 Å². The molecule has 2 aromatic rings. The third-order valence-electron chi connectivity index (χ3n) is 3.77. The van der Waals surface area contributed by atoms with Crippen molar-refractivity contribution in [3.05, 3.63) is 69.2 Å². The molecule has 2 rings (SSSR count). The number of Topliss-reactive ketones (excluding diaryl/α,β-unsaturated/α-hetero) is 1. The maximum Gasteiger partial charge on any atom is 0.223 e. The molecule has 0 radical (unpaired) electrons. The van der Waals surface area contributed by atoms with Crippen molar-refractivity contribution < 1.29 is 9.59 Å². The lowest BCUT2D eigenvalue weighted by Gasteiger charge is -2.17. The number of rotatable bonds is 6.